The zero-order valence-corrected chi connectivity index (χ0v) is 14.3. The third-order valence-electron chi connectivity index (χ3n) is 5.30. The summed E-state index contributed by atoms with van der Waals surface area (Å²) in [5.41, 5.74) is 4.06. The number of nitrogens with zero attached hydrogens (tertiary/aromatic N) is 1. The highest BCUT2D eigenvalue weighted by molar-refractivity contribution is 5.32. The lowest BCUT2D eigenvalue weighted by Crippen LogP contribution is -2.48. The van der Waals surface area contributed by atoms with Gasteiger partial charge in [-0.05, 0) is 63.7 Å². The largest absolute Gasteiger partial charge is 0.371 e. The van der Waals surface area contributed by atoms with Crippen LogP contribution < -0.4 is 5.32 Å². The molecule has 22 heavy (non-hydrogen) atoms. The van der Waals surface area contributed by atoms with Crippen molar-refractivity contribution in [2.45, 2.75) is 45.8 Å². The maximum absolute atomic E-state index is 6.18. The maximum Gasteiger partial charge on any atom is 0.0955 e. The molecule has 0 aromatic heterocycles. The molecule has 0 saturated carbocycles. The monoisotopic (exact) mass is 302 g/mol. The molecule has 0 aliphatic carbocycles. The lowest BCUT2D eigenvalue weighted by molar-refractivity contribution is -0.0659. The van der Waals surface area contributed by atoms with Crippen molar-refractivity contribution in [3.05, 3.63) is 34.9 Å². The highest BCUT2D eigenvalue weighted by Gasteiger charge is 2.29. The number of piperidine rings is 1. The molecule has 0 spiro atoms. The summed E-state index contributed by atoms with van der Waals surface area (Å²) in [4.78, 5) is 2.66. The zero-order valence-electron chi connectivity index (χ0n) is 14.3. The van der Waals surface area contributed by atoms with E-state index in [-0.39, 0.29) is 6.10 Å². The van der Waals surface area contributed by atoms with E-state index in [9.17, 15) is 0 Å². The Morgan fingerprint density at radius 3 is 2.77 bits per heavy atom. The van der Waals surface area contributed by atoms with Gasteiger partial charge in [-0.1, -0.05) is 23.8 Å². The van der Waals surface area contributed by atoms with Crippen LogP contribution in [0.3, 0.4) is 0 Å². The summed E-state index contributed by atoms with van der Waals surface area (Å²) < 4.78 is 6.18. The number of benzene rings is 1. The third-order valence-corrected chi connectivity index (χ3v) is 5.30. The van der Waals surface area contributed by atoms with Crippen LogP contribution in [0.5, 0.6) is 0 Å². The normalized spacial score (nSPS) is 28.0. The zero-order chi connectivity index (χ0) is 15.5. The second kappa shape index (κ2) is 7.12. The van der Waals surface area contributed by atoms with Gasteiger partial charge in [-0.15, -0.1) is 0 Å². The van der Waals surface area contributed by atoms with E-state index >= 15 is 0 Å². The summed E-state index contributed by atoms with van der Waals surface area (Å²) in [7, 11) is 0. The van der Waals surface area contributed by atoms with Crippen molar-refractivity contribution in [1.29, 1.82) is 0 Å². The van der Waals surface area contributed by atoms with Gasteiger partial charge in [0.2, 0.25) is 0 Å². The van der Waals surface area contributed by atoms with Crippen molar-refractivity contribution in [3.8, 4) is 0 Å². The first-order valence-electron chi connectivity index (χ1n) is 8.77. The van der Waals surface area contributed by atoms with Crippen LogP contribution >= 0.6 is 0 Å². The van der Waals surface area contributed by atoms with Gasteiger partial charge in [-0.25, -0.2) is 0 Å². The second-order valence-electron chi connectivity index (χ2n) is 7.18. The van der Waals surface area contributed by atoms with Gasteiger partial charge in [0.25, 0.3) is 0 Å². The van der Waals surface area contributed by atoms with Gasteiger partial charge in [0, 0.05) is 19.1 Å². The minimum Gasteiger partial charge on any atom is -0.371 e. The first kappa shape index (κ1) is 16.0. The minimum atomic E-state index is 0.234. The van der Waals surface area contributed by atoms with E-state index in [2.05, 4.69) is 49.2 Å². The number of morpholine rings is 1. The van der Waals surface area contributed by atoms with E-state index in [1.54, 1.807) is 0 Å². The predicted molar refractivity (Wildman–Crippen MR) is 91.2 cm³/mol. The predicted octanol–water partition coefficient (Wildman–Crippen LogP) is 3.06. The summed E-state index contributed by atoms with van der Waals surface area (Å²) in [6, 6.07) is 7.26. The van der Waals surface area contributed by atoms with Crippen molar-refractivity contribution in [3.63, 3.8) is 0 Å². The Morgan fingerprint density at radius 2 is 2.00 bits per heavy atom. The molecule has 2 aliphatic rings. The lowest BCUT2D eigenvalue weighted by atomic mass is 9.95. The van der Waals surface area contributed by atoms with Crippen molar-refractivity contribution >= 4 is 0 Å². The van der Waals surface area contributed by atoms with Crippen LogP contribution in [0.15, 0.2) is 18.2 Å². The molecule has 0 amide bonds. The van der Waals surface area contributed by atoms with Crippen molar-refractivity contribution in [2.75, 3.05) is 32.8 Å². The summed E-state index contributed by atoms with van der Waals surface area (Å²) in [5.74, 6) is 0.848. The Labute approximate surface area is 135 Å². The maximum atomic E-state index is 6.18. The Balaban J connectivity index is 1.68. The van der Waals surface area contributed by atoms with Crippen LogP contribution in [-0.4, -0.2) is 43.7 Å². The number of rotatable bonds is 3. The molecule has 2 fully saturated rings. The Morgan fingerprint density at radius 1 is 1.23 bits per heavy atom. The molecule has 3 nitrogen and oxygen atoms in total. The molecular weight excluding hydrogens is 272 g/mol. The summed E-state index contributed by atoms with van der Waals surface area (Å²) in [6.07, 6.45) is 2.87. The van der Waals surface area contributed by atoms with Gasteiger partial charge in [-0.3, -0.25) is 4.90 Å². The quantitative estimate of drug-likeness (QED) is 0.929. The van der Waals surface area contributed by atoms with Crippen LogP contribution in [0.25, 0.3) is 0 Å². The molecular formula is C19H30N2O. The summed E-state index contributed by atoms with van der Waals surface area (Å²) in [5, 5.41) is 3.47. The van der Waals surface area contributed by atoms with Gasteiger partial charge in [-0.2, -0.15) is 0 Å². The SMILES string of the molecule is Cc1ccc(C)c(C2CN(CC3CCNCC3)C(C)CO2)c1. The minimum absolute atomic E-state index is 0.234. The number of hydrogen-bond donors (Lipinski definition) is 1. The molecule has 2 aliphatic heterocycles. The van der Waals surface area contributed by atoms with Crippen LogP contribution in [0, 0.1) is 19.8 Å². The van der Waals surface area contributed by atoms with Crippen molar-refractivity contribution in [2.24, 2.45) is 5.92 Å². The number of ether oxygens (including phenoxy) is 1. The van der Waals surface area contributed by atoms with E-state index in [4.69, 9.17) is 4.74 Å². The smallest absolute Gasteiger partial charge is 0.0955 e. The number of nitrogens with one attached hydrogen (secondary N) is 1. The highest BCUT2D eigenvalue weighted by atomic mass is 16.5. The van der Waals surface area contributed by atoms with Gasteiger partial charge in [0.15, 0.2) is 0 Å². The average molecular weight is 302 g/mol. The van der Waals surface area contributed by atoms with E-state index in [1.807, 2.05) is 0 Å². The molecule has 1 aromatic carbocycles. The first-order chi connectivity index (χ1) is 10.6. The molecule has 1 N–H and O–H groups in total. The van der Waals surface area contributed by atoms with Gasteiger partial charge in [0.05, 0.1) is 12.7 Å². The summed E-state index contributed by atoms with van der Waals surface area (Å²) >= 11 is 0. The molecule has 2 saturated heterocycles. The van der Waals surface area contributed by atoms with Crippen LogP contribution in [0.4, 0.5) is 0 Å². The van der Waals surface area contributed by atoms with Gasteiger partial charge >= 0.3 is 0 Å². The molecule has 2 unspecified atom stereocenters. The van der Waals surface area contributed by atoms with Gasteiger partial charge in [0.1, 0.15) is 0 Å². The Bertz CT molecular complexity index is 496. The van der Waals surface area contributed by atoms with Crippen molar-refractivity contribution in [1.82, 2.24) is 10.2 Å². The Hall–Kier alpha value is -0.900. The molecule has 2 heterocycles. The molecule has 3 heteroatoms. The van der Waals surface area contributed by atoms with Crippen LogP contribution in [0.2, 0.25) is 0 Å². The molecule has 3 rings (SSSR count). The fourth-order valence-electron chi connectivity index (χ4n) is 3.75. The third kappa shape index (κ3) is 3.70. The fourth-order valence-corrected chi connectivity index (χ4v) is 3.75. The van der Waals surface area contributed by atoms with E-state index in [1.165, 1.54) is 49.2 Å². The van der Waals surface area contributed by atoms with E-state index in [0.29, 0.717) is 6.04 Å². The Kier molecular flexibility index (Phi) is 5.17. The van der Waals surface area contributed by atoms with Crippen molar-refractivity contribution < 1.29 is 4.74 Å². The van der Waals surface area contributed by atoms with E-state index < -0.39 is 0 Å². The van der Waals surface area contributed by atoms with Crippen LogP contribution in [0.1, 0.15) is 42.6 Å². The fraction of sp³-hybridized carbons (Fsp3) is 0.684. The number of aryl methyl sites for hydroxylation is 2. The van der Waals surface area contributed by atoms with E-state index in [0.717, 1.165) is 19.1 Å². The summed E-state index contributed by atoms with van der Waals surface area (Å²) in [6.45, 7) is 12.2. The molecule has 0 radical (unpaired) electrons. The average Bonchev–Trinajstić information content (AvgIpc) is 2.53. The number of hydrogen-bond acceptors (Lipinski definition) is 3. The molecule has 1 aromatic rings. The standard InChI is InChI=1S/C19H30N2O/c1-14-4-5-15(2)18(10-14)19-12-21(16(3)13-22-19)11-17-6-8-20-9-7-17/h4-5,10,16-17,19-20H,6-9,11-13H2,1-3H3. The highest BCUT2D eigenvalue weighted by Crippen LogP contribution is 2.29. The molecule has 122 valence electrons. The van der Waals surface area contributed by atoms with Gasteiger partial charge < -0.3 is 10.1 Å². The molecule has 2 atom stereocenters. The topological polar surface area (TPSA) is 24.5 Å². The lowest BCUT2D eigenvalue weighted by Gasteiger charge is -2.41. The first-order valence-corrected chi connectivity index (χ1v) is 8.77. The van der Waals surface area contributed by atoms with Crippen LogP contribution in [-0.2, 0) is 4.74 Å². The second-order valence-corrected chi connectivity index (χ2v) is 7.18. The molecule has 0 bridgehead atoms.